The van der Waals surface area contributed by atoms with Gasteiger partial charge < -0.3 is 10.4 Å². The Morgan fingerprint density at radius 2 is 2.11 bits per heavy atom. The van der Waals surface area contributed by atoms with Crippen molar-refractivity contribution in [1.29, 1.82) is 0 Å². The zero-order valence-electron chi connectivity index (χ0n) is 11.0. The van der Waals surface area contributed by atoms with Gasteiger partial charge in [-0.1, -0.05) is 24.1 Å². The molecule has 0 radical (unpaired) electrons. The first-order valence-corrected chi connectivity index (χ1v) is 6.77. The van der Waals surface area contributed by atoms with Crippen LogP contribution in [0.4, 0.5) is 4.39 Å². The van der Waals surface area contributed by atoms with Gasteiger partial charge in [-0.05, 0) is 44.2 Å². The number of hydrogen-bond acceptors (Lipinski definition) is 2. The first kappa shape index (κ1) is 13.5. The van der Waals surface area contributed by atoms with Crippen LogP contribution in [0.25, 0.3) is 0 Å². The van der Waals surface area contributed by atoms with E-state index in [1.54, 1.807) is 6.07 Å². The molecule has 100 valence electrons. The summed E-state index contributed by atoms with van der Waals surface area (Å²) >= 11 is 0. The molecule has 0 amide bonds. The summed E-state index contributed by atoms with van der Waals surface area (Å²) in [6, 6.07) is 5.20. The molecule has 1 aromatic carbocycles. The van der Waals surface area contributed by atoms with Crippen molar-refractivity contribution in [3.05, 3.63) is 35.1 Å². The van der Waals surface area contributed by atoms with Crippen molar-refractivity contribution in [3.63, 3.8) is 0 Å². The lowest BCUT2D eigenvalue weighted by atomic mass is 9.97. The molecule has 2 N–H and O–H groups in total. The molecule has 0 aliphatic heterocycles. The second-order valence-corrected chi connectivity index (χ2v) is 5.36. The topological polar surface area (TPSA) is 32.3 Å². The molecule has 0 heterocycles. The molecule has 2 rings (SSSR count). The maximum absolute atomic E-state index is 13.5. The predicted octanol–water partition coefficient (Wildman–Crippen LogP) is 2.63. The lowest BCUT2D eigenvalue weighted by Gasteiger charge is -2.18. The highest BCUT2D eigenvalue weighted by Gasteiger charge is 2.25. The van der Waals surface area contributed by atoms with Gasteiger partial charge in [0.2, 0.25) is 0 Å². The van der Waals surface area contributed by atoms with E-state index in [1.165, 1.54) is 18.9 Å². The number of aliphatic hydroxyl groups is 1. The number of benzene rings is 1. The summed E-state index contributed by atoms with van der Waals surface area (Å²) in [5.41, 5.74) is 1.82. The van der Waals surface area contributed by atoms with Crippen LogP contribution >= 0.6 is 0 Å². The average molecular weight is 251 g/mol. The Hall–Kier alpha value is -0.930. The molecule has 1 aliphatic rings. The summed E-state index contributed by atoms with van der Waals surface area (Å²) in [5, 5.41) is 12.6. The van der Waals surface area contributed by atoms with Gasteiger partial charge in [-0.2, -0.15) is 0 Å². The normalized spacial score (nSPS) is 23.5. The molecule has 1 fully saturated rings. The largest absolute Gasteiger partial charge is 0.396 e. The molecular weight excluding hydrogens is 229 g/mol. The van der Waals surface area contributed by atoms with Gasteiger partial charge in [0.05, 0.1) is 0 Å². The van der Waals surface area contributed by atoms with Crippen LogP contribution in [0.15, 0.2) is 18.2 Å². The predicted molar refractivity (Wildman–Crippen MR) is 70.8 cm³/mol. The summed E-state index contributed by atoms with van der Waals surface area (Å²) in [7, 11) is 0. The highest BCUT2D eigenvalue weighted by atomic mass is 19.1. The molecule has 0 bridgehead atoms. The van der Waals surface area contributed by atoms with E-state index in [4.69, 9.17) is 0 Å². The SMILES string of the molecule is Cc1ccc(F)c(CNCC2CCCC2CO)c1. The smallest absolute Gasteiger partial charge is 0.127 e. The van der Waals surface area contributed by atoms with Crippen molar-refractivity contribution >= 4 is 0 Å². The molecule has 0 spiro atoms. The van der Waals surface area contributed by atoms with Crippen LogP contribution in [0.5, 0.6) is 0 Å². The van der Waals surface area contributed by atoms with Crippen LogP contribution in [0, 0.1) is 24.6 Å². The van der Waals surface area contributed by atoms with Crippen LogP contribution in [0.2, 0.25) is 0 Å². The molecule has 2 nitrogen and oxygen atoms in total. The lowest BCUT2D eigenvalue weighted by molar-refractivity contribution is 0.192. The van der Waals surface area contributed by atoms with Crippen molar-refractivity contribution in [3.8, 4) is 0 Å². The van der Waals surface area contributed by atoms with Gasteiger partial charge in [0, 0.05) is 18.7 Å². The van der Waals surface area contributed by atoms with Crippen molar-refractivity contribution in [2.75, 3.05) is 13.2 Å². The minimum absolute atomic E-state index is 0.141. The van der Waals surface area contributed by atoms with Gasteiger partial charge in [-0.15, -0.1) is 0 Å². The first-order valence-electron chi connectivity index (χ1n) is 6.77. The third-order valence-corrected chi connectivity index (χ3v) is 3.97. The third kappa shape index (κ3) is 3.30. The number of halogens is 1. The van der Waals surface area contributed by atoms with E-state index in [1.807, 2.05) is 13.0 Å². The van der Waals surface area contributed by atoms with Crippen molar-refractivity contribution in [2.45, 2.75) is 32.7 Å². The minimum Gasteiger partial charge on any atom is -0.396 e. The fourth-order valence-electron chi connectivity index (χ4n) is 2.85. The maximum Gasteiger partial charge on any atom is 0.127 e. The number of nitrogens with one attached hydrogen (secondary N) is 1. The summed E-state index contributed by atoms with van der Waals surface area (Å²) in [5.74, 6) is 0.834. The van der Waals surface area contributed by atoms with E-state index in [9.17, 15) is 9.50 Å². The quantitative estimate of drug-likeness (QED) is 0.843. The van der Waals surface area contributed by atoms with Gasteiger partial charge >= 0.3 is 0 Å². The van der Waals surface area contributed by atoms with E-state index in [0.29, 0.717) is 18.4 Å². The first-order chi connectivity index (χ1) is 8.70. The van der Waals surface area contributed by atoms with E-state index in [0.717, 1.165) is 24.1 Å². The third-order valence-electron chi connectivity index (χ3n) is 3.97. The second kappa shape index (κ2) is 6.30. The van der Waals surface area contributed by atoms with Crippen LogP contribution in [-0.2, 0) is 6.54 Å². The molecule has 1 saturated carbocycles. The number of aryl methyl sites for hydroxylation is 1. The van der Waals surface area contributed by atoms with Gasteiger partial charge in [0.25, 0.3) is 0 Å². The molecular formula is C15H22FNO. The Labute approximate surface area is 108 Å². The van der Waals surface area contributed by atoms with Gasteiger partial charge in [0.1, 0.15) is 5.82 Å². The summed E-state index contributed by atoms with van der Waals surface area (Å²) < 4.78 is 13.5. The Bertz CT molecular complexity index is 394. The van der Waals surface area contributed by atoms with E-state index < -0.39 is 0 Å². The van der Waals surface area contributed by atoms with Crippen molar-refractivity contribution in [2.24, 2.45) is 11.8 Å². The molecule has 2 unspecified atom stereocenters. The monoisotopic (exact) mass is 251 g/mol. The summed E-state index contributed by atoms with van der Waals surface area (Å²) in [6.07, 6.45) is 3.51. The summed E-state index contributed by atoms with van der Waals surface area (Å²) in [4.78, 5) is 0. The van der Waals surface area contributed by atoms with Crippen molar-refractivity contribution < 1.29 is 9.50 Å². The average Bonchev–Trinajstić information content (AvgIpc) is 2.81. The second-order valence-electron chi connectivity index (χ2n) is 5.36. The van der Waals surface area contributed by atoms with Crippen LogP contribution in [-0.4, -0.2) is 18.3 Å². The number of rotatable bonds is 5. The number of hydrogen-bond donors (Lipinski definition) is 2. The maximum atomic E-state index is 13.5. The van der Waals surface area contributed by atoms with Crippen LogP contribution < -0.4 is 5.32 Å². The fourth-order valence-corrected chi connectivity index (χ4v) is 2.85. The van der Waals surface area contributed by atoms with Crippen molar-refractivity contribution in [1.82, 2.24) is 5.32 Å². The van der Waals surface area contributed by atoms with Gasteiger partial charge in [0.15, 0.2) is 0 Å². The highest BCUT2D eigenvalue weighted by Crippen LogP contribution is 2.30. The summed E-state index contributed by atoms with van der Waals surface area (Å²) in [6.45, 7) is 3.70. The molecule has 3 heteroatoms. The highest BCUT2D eigenvalue weighted by molar-refractivity contribution is 5.23. The molecule has 0 aromatic heterocycles. The standard InChI is InChI=1S/C15H22FNO/c1-11-5-6-15(16)14(7-11)9-17-8-12-3-2-4-13(12)10-18/h5-7,12-13,17-18H,2-4,8-10H2,1H3. The Morgan fingerprint density at radius 3 is 2.89 bits per heavy atom. The van der Waals surface area contributed by atoms with Gasteiger partial charge in [-0.3, -0.25) is 0 Å². The van der Waals surface area contributed by atoms with E-state index in [2.05, 4.69) is 5.32 Å². The van der Waals surface area contributed by atoms with Crippen LogP contribution in [0.3, 0.4) is 0 Å². The Kier molecular flexibility index (Phi) is 4.72. The zero-order chi connectivity index (χ0) is 13.0. The number of aliphatic hydroxyl groups excluding tert-OH is 1. The molecule has 18 heavy (non-hydrogen) atoms. The molecule has 1 aromatic rings. The van der Waals surface area contributed by atoms with Gasteiger partial charge in [-0.25, -0.2) is 4.39 Å². The molecule has 0 saturated heterocycles. The fraction of sp³-hybridized carbons (Fsp3) is 0.600. The lowest BCUT2D eigenvalue weighted by Crippen LogP contribution is -2.26. The molecule has 1 aliphatic carbocycles. The molecule has 2 atom stereocenters. The van der Waals surface area contributed by atoms with Crippen LogP contribution in [0.1, 0.15) is 30.4 Å². The minimum atomic E-state index is -0.141. The van der Waals surface area contributed by atoms with E-state index >= 15 is 0 Å². The van der Waals surface area contributed by atoms with E-state index in [-0.39, 0.29) is 12.4 Å². The Morgan fingerprint density at radius 1 is 1.33 bits per heavy atom. The zero-order valence-corrected chi connectivity index (χ0v) is 11.0. The Balaban J connectivity index is 1.83.